The fourth-order valence-electron chi connectivity index (χ4n) is 2.44. The SMILES string of the molecule is O=C1CO[C@H](c2ccc(NC(=O)c3cnccn3)cc2)[C@@H](CO)N1. The standard InChI is InChI=1S/C16H16N4O4/c21-8-13-15(24-9-14(22)20-13)10-1-3-11(4-2-10)19-16(23)12-7-17-5-6-18-12/h1-7,13,15,21H,8-9H2,(H,19,23)(H,20,22)/t13-,15-/m1/s1. The number of amides is 2. The van der Waals surface area contributed by atoms with Gasteiger partial charge in [0.2, 0.25) is 5.91 Å². The molecule has 124 valence electrons. The van der Waals surface area contributed by atoms with Crippen LogP contribution in [0.5, 0.6) is 0 Å². The molecule has 1 aromatic carbocycles. The Morgan fingerprint density at radius 3 is 2.79 bits per heavy atom. The van der Waals surface area contributed by atoms with Crippen LogP contribution in [0.2, 0.25) is 0 Å². The molecule has 2 atom stereocenters. The van der Waals surface area contributed by atoms with Crippen molar-refractivity contribution in [3.8, 4) is 0 Å². The van der Waals surface area contributed by atoms with Gasteiger partial charge in [0.05, 0.1) is 18.8 Å². The zero-order valence-electron chi connectivity index (χ0n) is 12.7. The molecule has 24 heavy (non-hydrogen) atoms. The number of carbonyl (C=O) groups excluding carboxylic acids is 2. The van der Waals surface area contributed by atoms with Crippen molar-refractivity contribution in [3.63, 3.8) is 0 Å². The van der Waals surface area contributed by atoms with Gasteiger partial charge in [-0.15, -0.1) is 0 Å². The first-order valence-electron chi connectivity index (χ1n) is 7.36. The van der Waals surface area contributed by atoms with Gasteiger partial charge in [-0.3, -0.25) is 14.6 Å². The van der Waals surface area contributed by atoms with E-state index in [1.807, 2.05) is 0 Å². The predicted octanol–water partition coefficient (Wildman–Crippen LogP) is 0.277. The number of morpholine rings is 1. The highest BCUT2D eigenvalue weighted by atomic mass is 16.5. The minimum absolute atomic E-state index is 0.0493. The van der Waals surface area contributed by atoms with Crippen molar-refractivity contribution < 1.29 is 19.4 Å². The maximum absolute atomic E-state index is 12.0. The summed E-state index contributed by atoms with van der Waals surface area (Å²) in [6.45, 7) is -0.270. The van der Waals surface area contributed by atoms with Crippen molar-refractivity contribution in [3.05, 3.63) is 54.1 Å². The minimum atomic E-state index is -0.494. The summed E-state index contributed by atoms with van der Waals surface area (Å²) in [7, 11) is 0. The fraction of sp³-hybridized carbons (Fsp3) is 0.250. The van der Waals surface area contributed by atoms with Crippen molar-refractivity contribution in [2.75, 3.05) is 18.5 Å². The largest absolute Gasteiger partial charge is 0.394 e. The lowest BCUT2D eigenvalue weighted by molar-refractivity contribution is -0.138. The fourth-order valence-corrected chi connectivity index (χ4v) is 2.44. The van der Waals surface area contributed by atoms with E-state index >= 15 is 0 Å². The van der Waals surface area contributed by atoms with Crippen LogP contribution in [0.25, 0.3) is 0 Å². The number of anilines is 1. The number of rotatable bonds is 4. The number of aliphatic hydroxyl groups excluding tert-OH is 1. The van der Waals surface area contributed by atoms with E-state index in [2.05, 4.69) is 20.6 Å². The maximum atomic E-state index is 12.0. The molecular formula is C16H16N4O4. The summed E-state index contributed by atoms with van der Waals surface area (Å²) >= 11 is 0. The highest BCUT2D eigenvalue weighted by Gasteiger charge is 2.30. The molecule has 2 aromatic rings. The molecule has 8 nitrogen and oxygen atoms in total. The molecule has 2 amide bonds. The summed E-state index contributed by atoms with van der Waals surface area (Å²) in [5.41, 5.74) is 1.61. The Morgan fingerprint density at radius 1 is 1.33 bits per heavy atom. The van der Waals surface area contributed by atoms with Gasteiger partial charge in [-0.2, -0.15) is 0 Å². The second kappa shape index (κ2) is 7.16. The lowest BCUT2D eigenvalue weighted by atomic mass is 10.0. The quantitative estimate of drug-likeness (QED) is 0.743. The van der Waals surface area contributed by atoms with Gasteiger partial charge < -0.3 is 20.5 Å². The molecule has 1 aromatic heterocycles. The molecule has 0 aliphatic carbocycles. The van der Waals surface area contributed by atoms with Crippen LogP contribution in [-0.2, 0) is 9.53 Å². The topological polar surface area (TPSA) is 113 Å². The molecule has 1 fully saturated rings. The average molecular weight is 328 g/mol. The molecule has 2 heterocycles. The molecule has 0 unspecified atom stereocenters. The second-order valence-electron chi connectivity index (χ2n) is 5.25. The Bertz CT molecular complexity index is 721. The summed E-state index contributed by atoms with van der Waals surface area (Å²) in [5.74, 6) is -0.608. The van der Waals surface area contributed by atoms with E-state index < -0.39 is 12.1 Å². The third-order valence-electron chi connectivity index (χ3n) is 3.60. The third-order valence-corrected chi connectivity index (χ3v) is 3.60. The van der Waals surface area contributed by atoms with E-state index in [-0.39, 0.29) is 30.7 Å². The normalized spacial score (nSPS) is 20.3. The molecule has 3 rings (SSSR count). The molecule has 0 bridgehead atoms. The number of nitrogens with one attached hydrogen (secondary N) is 2. The van der Waals surface area contributed by atoms with E-state index in [1.54, 1.807) is 24.3 Å². The van der Waals surface area contributed by atoms with Crippen molar-refractivity contribution in [2.45, 2.75) is 12.1 Å². The Balaban J connectivity index is 1.69. The van der Waals surface area contributed by atoms with E-state index in [4.69, 9.17) is 4.74 Å². The molecule has 1 aliphatic heterocycles. The number of aliphatic hydroxyl groups is 1. The molecule has 3 N–H and O–H groups in total. The smallest absolute Gasteiger partial charge is 0.275 e. The molecule has 1 saturated heterocycles. The van der Waals surface area contributed by atoms with Gasteiger partial charge in [-0.05, 0) is 17.7 Å². The maximum Gasteiger partial charge on any atom is 0.275 e. The van der Waals surface area contributed by atoms with Crippen LogP contribution in [0.3, 0.4) is 0 Å². The van der Waals surface area contributed by atoms with Crippen LogP contribution in [0.1, 0.15) is 22.2 Å². The van der Waals surface area contributed by atoms with E-state index in [9.17, 15) is 14.7 Å². The lowest BCUT2D eigenvalue weighted by Gasteiger charge is -2.31. The van der Waals surface area contributed by atoms with Crippen LogP contribution in [0.4, 0.5) is 5.69 Å². The van der Waals surface area contributed by atoms with Gasteiger partial charge in [-0.1, -0.05) is 12.1 Å². The molecule has 1 aliphatic rings. The Morgan fingerprint density at radius 2 is 2.12 bits per heavy atom. The lowest BCUT2D eigenvalue weighted by Crippen LogP contribution is -2.49. The molecule has 8 heteroatoms. The van der Waals surface area contributed by atoms with E-state index in [1.165, 1.54) is 18.6 Å². The first-order valence-corrected chi connectivity index (χ1v) is 7.36. The summed E-state index contributed by atoms with van der Waals surface area (Å²) in [6.07, 6.45) is 3.89. The predicted molar refractivity (Wildman–Crippen MR) is 84.1 cm³/mol. The Hall–Kier alpha value is -2.84. The van der Waals surface area contributed by atoms with Gasteiger partial charge in [0.25, 0.3) is 5.91 Å². The van der Waals surface area contributed by atoms with Gasteiger partial charge in [0.1, 0.15) is 18.4 Å². The van der Waals surface area contributed by atoms with Crippen molar-refractivity contribution >= 4 is 17.5 Å². The van der Waals surface area contributed by atoms with E-state index in [0.29, 0.717) is 5.69 Å². The Labute approximate surface area is 137 Å². The average Bonchev–Trinajstić information content (AvgIpc) is 2.63. The van der Waals surface area contributed by atoms with Crippen LogP contribution >= 0.6 is 0 Å². The van der Waals surface area contributed by atoms with Gasteiger partial charge >= 0.3 is 0 Å². The monoisotopic (exact) mass is 328 g/mol. The number of benzene rings is 1. The van der Waals surface area contributed by atoms with Crippen molar-refractivity contribution in [2.24, 2.45) is 0 Å². The van der Waals surface area contributed by atoms with E-state index in [0.717, 1.165) is 5.56 Å². The van der Waals surface area contributed by atoms with Crippen LogP contribution in [0.15, 0.2) is 42.9 Å². The highest BCUT2D eigenvalue weighted by Crippen LogP contribution is 2.25. The van der Waals surface area contributed by atoms with Crippen LogP contribution in [-0.4, -0.2) is 46.1 Å². The van der Waals surface area contributed by atoms with Crippen molar-refractivity contribution in [1.82, 2.24) is 15.3 Å². The van der Waals surface area contributed by atoms with Gasteiger partial charge in [0.15, 0.2) is 0 Å². The third kappa shape index (κ3) is 3.55. The van der Waals surface area contributed by atoms with Crippen molar-refractivity contribution in [1.29, 1.82) is 0 Å². The number of ether oxygens (including phenoxy) is 1. The zero-order valence-corrected chi connectivity index (χ0v) is 12.7. The highest BCUT2D eigenvalue weighted by molar-refractivity contribution is 6.02. The summed E-state index contributed by atoms with van der Waals surface area (Å²) in [4.78, 5) is 31.1. The number of carbonyl (C=O) groups is 2. The summed E-state index contributed by atoms with van der Waals surface area (Å²) in [6, 6.07) is 6.50. The molecule has 0 radical (unpaired) electrons. The Kier molecular flexibility index (Phi) is 4.78. The zero-order chi connectivity index (χ0) is 16.9. The minimum Gasteiger partial charge on any atom is -0.394 e. The summed E-state index contributed by atoms with van der Waals surface area (Å²) < 4.78 is 5.49. The van der Waals surface area contributed by atoms with Gasteiger partial charge in [0, 0.05) is 18.1 Å². The molecule has 0 saturated carbocycles. The molecular weight excluding hydrogens is 312 g/mol. The summed E-state index contributed by atoms with van der Waals surface area (Å²) in [5, 5.41) is 14.8. The van der Waals surface area contributed by atoms with Crippen LogP contribution < -0.4 is 10.6 Å². The number of nitrogens with zero attached hydrogens (tertiary/aromatic N) is 2. The number of aromatic nitrogens is 2. The first kappa shape index (κ1) is 16.0. The number of hydrogen-bond acceptors (Lipinski definition) is 6. The van der Waals surface area contributed by atoms with Crippen LogP contribution in [0, 0.1) is 0 Å². The second-order valence-corrected chi connectivity index (χ2v) is 5.25. The molecule has 0 spiro atoms. The van der Waals surface area contributed by atoms with Gasteiger partial charge in [-0.25, -0.2) is 4.98 Å². The number of hydrogen-bond donors (Lipinski definition) is 3. The first-order chi connectivity index (χ1) is 11.7.